The molecule has 5 heteroatoms. The van der Waals surface area contributed by atoms with E-state index in [0.717, 1.165) is 19.3 Å². The number of carboxylic acids is 2. The van der Waals surface area contributed by atoms with E-state index in [2.05, 4.69) is 13.5 Å². The second kappa shape index (κ2) is 17.9. The summed E-state index contributed by atoms with van der Waals surface area (Å²) in [6.07, 6.45) is 14.2. The average molecular weight is 365 g/mol. The molecule has 0 saturated heterocycles. The van der Waals surface area contributed by atoms with Gasteiger partial charge >= 0.3 is 63.3 Å². The molecule has 0 aliphatic carbocycles. The van der Waals surface area contributed by atoms with Crippen LogP contribution in [0.2, 0.25) is 0 Å². The third kappa shape index (κ3) is 14.4. The van der Waals surface area contributed by atoms with Gasteiger partial charge in [-0.25, -0.2) is 0 Å². The van der Waals surface area contributed by atoms with E-state index in [0.29, 0.717) is 12.0 Å². The molecule has 0 aromatic carbocycles. The van der Waals surface area contributed by atoms with Crippen LogP contribution in [-0.2, 0) is 9.59 Å². The van der Waals surface area contributed by atoms with Gasteiger partial charge in [-0.2, -0.15) is 0 Å². The molecule has 0 aliphatic rings. The van der Waals surface area contributed by atoms with Gasteiger partial charge < -0.3 is 10.2 Å². The van der Waals surface area contributed by atoms with Crippen molar-refractivity contribution in [3.8, 4) is 0 Å². The summed E-state index contributed by atoms with van der Waals surface area (Å²) in [5.74, 6) is -3.10. The van der Waals surface area contributed by atoms with Crippen molar-refractivity contribution in [3.63, 3.8) is 0 Å². The van der Waals surface area contributed by atoms with Crippen molar-refractivity contribution >= 4 is 63.3 Å². The Hall–Kier alpha value is 0.0564. The number of hydrogen-bond acceptors (Lipinski definition) is 2. The molecule has 0 fully saturated rings. The van der Waals surface area contributed by atoms with Crippen LogP contribution in [0.15, 0.2) is 24.3 Å². The Balaban J connectivity index is 0. The van der Waals surface area contributed by atoms with E-state index < -0.39 is 17.9 Å². The van der Waals surface area contributed by atoms with Gasteiger partial charge in [-0.1, -0.05) is 69.6 Å². The maximum atomic E-state index is 11.3. The number of unbranched alkanes of at least 4 members (excludes halogenated alkanes) is 8. The summed E-state index contributed by atoms with van der Waals surface area (Å²) in [7, 11) is 0. The van der Waals surface area contributed by atoms with Gasteiger partial charge in [0.2, 0.25) is 0 Å². The van der Waals surface area contributed by atoms with E-state index in [4.69, 9.17) is 5.11 Å². The van der Waals surface area contributed by atoms with Crippen LogP contribution in [0, 0.1) is 5.92 Å². The number of allylic oxidation sites excluding steroid dienone is 2. The van der Waals surface area contributed by atoms with Gasteiger partial charge in [0.25, 0.3) is 0 Å². The molecule has 0 aliphatic heterocycles. The molecule has 134 valence electrons. The first-order valence-electron chi connectivity index (χ1n) is 8.77. The minimum atomic E-state index is -1.08. The van der Waals surface area contributed by atoms with Crippen LogP contribution in [0.3, 0.4) is 0 Å². The Morgan fingerprint density at radius 3 is 2.00 bits per heavy atom. The molecule has 0 radical (unpaired) electrons. The normalized spacial score (nSPS) is 12.3. The summed E-state index contributed by atoms with van der Waals surface area (Å²) in [6.45, 7) is 5.84. The Labute approximate surface area is 189 Å². The van der Waals surface area contributed by atoms with Gasteiger partial charge in [-0.05, 0) is 19.3 Å². The second-order valence-electron chi connectivity index (χ2n) is 6.02. The topological polar surface area (TPSA) is 74.6 Å². The first-order chi connectivity index (χ1) is 11.0. The molecule has 24 heavy (non-hydrogen) atoms. The van der Waals surface area contributed by atoms with Crippen molar-refractivity contribution in [2.75, 3.05) is 0 Å². The molecule has 0 aromatic heterocycles. The zero-order valence-electron chi connectivity index (χ0n) is 14.4. The van der Waals surface area contributed by atoms with Crippen LogP contribution in [0.5, 0.6) is 0 Å². The third-order valence-corrected chi connectivity index (χ3v) is 3.97. The van der Waals surface area contributed by atoms with Gasteiger partial charge in [-0.15, -0.1) is 6.58 Å². The first-order valence-corrected chi connectivity index (χ1v) is 8.77. The molecule has 0 rings (SSSR count). The average Bonchev–Trinajstić information content (AvgIpc) is 2.49. The third-order valence-electron chi connectivity index (χ3n) is 3.97. The van der Waals surface area contributed by atoms with Crippen molar-refractivity contribution in [3.05, 3.63) is 24.3 Å². The van der Waals surface area contributed by atoms with E-state index in [1.54, 1.807) is 6.08 Å². The number of carboxylic acid groups (broad SMARTS) is 2. The molecule has 0 amide bonds. The van der Waals surface area contributed by atoms with Crippen LogP contribution >= 0.6 is 0 Å². The molecule has 1 unspecified atom stereocenters. The van der Waals surface area contributed by atoms with E-state index in [9.17, 15) is 14.7 Å². The van der Waals surface area contributed by atoms with Crippen LogP contribution in [0.4, 0.5) is 0 Å². The summed E-state index contributed by atoms with van der Waals surface area (Å²) in [6, 6.07) is 0. The van der Waals surface area contributed by atoms with Crippen molar-refractivity contribution in [1.29, 1.82) is 0 Å². The van der Waals surface area contributed by atoms with E-state index in [1.165, 1.54) is 38.5 Å². The summed E-state index contributed by atoms with van der Waals surface area (Å²) in [5.41, 5.74) is 0.665. The van der Waals surface area contributed by atoms with Crippen LogP contribution in [0.1, 0.15) is 77.6 Å². The zero-order valence-corrected chi connectivity index (χ0v) is 14.4. The predicted molar refractivity (Wildman–Crippen MR) is 101 cm³/mol. The van der Waals surface area contributed by atoms with E-state index in [-0.39, 0.29) is 57.8 Å². The van der Waals surface area contributed by atoms with Crippen LogP contribution in [-0.4, -0.2) is 73.5 Å². The number of rotatable bonds is 15. The summed E-state index contributed by atoms with van der Waals surface area (Å²) in [4.78, 5) is 22.1. The van der Waals surface area contributed by atoms with Gasteiger partial charge in [0.15, 0.2) is 0 Å². The van der Waals surface area contributed by atoms with Crippen molar-refractivity contribution < 1.29 is 19.8 Å². The van der Waals surface area contributed by atoms with Gasteiger partial charge in [0, 0.05) is 0 Å². The fourth-order valence-electron chi connectivity index (χ4n) is 2.65. The fourth-order valence-corrected chi connectivity index (χ4v) is 2.65. The molecule has 0 aromatic rings. The minimum absolute atomic E-state index is 0. The Bertz CT molecular complexity index is 391. The Morgan fingerprint density at radius 2 is 1.54 bits per heavy atom. The Morgan fingerprint density at radius 1 is 1.00 bits per heavy atom. The quantitative estimate of drug-likeness (QED) is 0.254. The van der Waals surface area contributed by atoms with Crippen LogP contribution in [0.25, 0.3) is 0 Å². The number of carbonyl (C=O) groups is 2. The molecule has 0 bridgehead atoms. The molecular formula is C19H33KO4. The first kappa shape index (κ1) is 26.3. The molecule has 2 N–H and O–H groups in total. The second-order valence-corrected chi connectivity index (χ2v) is 6.02. The monoisotopic (exact) mass is 364 g/mol. The molecule has 0 saturated carbocycles. The number of aliphatic carboxylic acids is 2. The molecule has 0 spiro atoms. The molecule has 4 nitrogen and oxygen atoms in total. The number of hydrogen-bond donors (Lipinski definition) is 2. The summed E-state index contributed by atoms with van der Waals surface area (Å²) < 4.78 is 0. The van der Waals surface area contributed by atoms with Gasteiger partial charge in [0.05, 0.1) is 12.3 Å². The van der Waals surface area contributed by atoms with E-state index >= 15 is 0 Å². The van der Waals surface area contributed by atoms with Gasteiger partial charge in [-0.3, -0.25) is 9.59 Å². The summed E-state index contributed by atoms with van der Waals surface area (Å²) >= 11 is 0. The van der Waals surface area contributed by atoms with Gasteiger partial charge in [0.1, 0.15) is 0 Å². The fraction of sp³-hybridized carbons (Fsp3) is 0.684. The van der Waals surface area contributed by atoms with Crippen molar-refractivity contribution in [2.24, 2.45) is 5.92 Å². The van der Waals surface area contributed by atoms with Crippen molar-refractivity contribution in [2.45, 2.75) is 77.6 Å². The molecular weight excluding hydrogens is 331 g/mol. The SMILES string of the molecule is C=CCC(=CCCCCCCCCCC)C(CC(=O)O)C(=O)O.[KH]. The maximum absolute atomic E-state index is 11.3. The molecule has 1 atom stereocenters. The van der Waals surface area contributed by atoms with E-state index in [1.807, 2.05) is 6.08 Å². The van der Waals surface area contributed by atoms with Crippen LogP contribution < -0.4 is 0 Å². The predicted octanol–water partition coefficient (Wildman–Crippen LogP) is 4.55. The zero-order chi connectivity index (χ0) is 17.5. The summed E-state index contributed by atoms with van der Waals surface area (Å²) in [5, 5.41) is 18.1. The Kier molecular flexibility index (Phi) is 19.6. The van der Waals surface area contributed by atoms with Crippen molar-refractivity contribution in [1.82, 2.24) is 0 Å². The molecule has 0 heterocycles. The standard InChI is InChI=1S/C19H32O4.K.H/c1-3-5-6-7-8-9-10-11-12-14-16(13-4-2)17(19(22)23)15-18(20)21;;/h4,14,17H,2-3,5-13,15H2,1H3,(H,20,21)(H,22,23);;.